The first-order chi connectivity index (χ1) is 4.13. The molecule has 1 aliphatic rings. The number of hydrogen-bond donors (Lipinski definition) is 0. The predicted molar refractivity (Wildman–Crippen MR) is 36.7 cm³/mol. The highest BCUT2D eigenvalue weighted by atomic mass is 16.5. The van der Waals surface area contributed by atoms with E-state index >= 15 is 0 Å². The van der Waals surface area contributed by atoms with Crippen molar-refractivity contribution in [2.24, 2.45) is 0 Å². The van der Waals surface area contributed by atoms with Crippen LogP contribution in [0.15, 0.2) is 11.5 Å². The summed E-state index contributed by atoms with van der Waals surface area (Å²) in [5, 5.41) is 0. The second kappa shape index (κ2) is 1.94. The van der Waals surface area contributed by atoms with E-state index in [-0.39, 0.29) is 6.23 Å². The maximum absolute atomic E-state index is 5.39. The zero-order valence-electron chi connectivity index (χ0n) is 6.43. The lowest BCUT2D eigenvalue weighted by Gasteiger charge is -2.16. The summed E-state index contributed by atoms with van der Waals surface area (Å²) >= 11 is 0. The monoisotopic (exact) mass is 127 g/mol. The number of rotatable bonds is 0. The minimum Gasteiger partial charge on any atom is -0.474 e. The van der Waals surface area contributed by atoms with Gasteiger partial charge in [0.15, 0.2) is 6.23 Å². The van der Waals surface area contributed by atoms with Gasteiger partial charge in [-0.15, -0.1) is 0 Å². The van der Waals surface area contributed by atoms with Gasteiger partial charge in [0.05, 0.1) is 5.70 Å². The zero-order valence-corrected chi connectivity index (χ0v) is 6.43. The molecule has 52 valence electrons. The lowest BCUT2D eigenvalue weighted by molar-refractivity contribution is 0.0725. The minimum atomic E-state index is 0.227. The van der Waals surface area contributed by atoms with Crippen molar-refractivity contribution in [3.05, 3.63) is 11.5 Å². The van der Waals surface area contributed by atoms with Crippen LogP contribution < -0.4 is 0 Å². The first-order valence-corrected chi connectivity index (χ1v) is 3.20. The van der Waals surface area contributed by atoms with E-state index in [1.165, 1.54) is 5.70 Å². The molecular weight excluding hydrogens is 114 g/mol. The van der Waals surface area contributed by atoms with E-state index in [1.807, 2.05) is 20.9 Å². The number of allylic oxidation sites excluding steroid dienone is 2. The van der Waals surface area contributed by atoms with Gasteiger partial charge in [-0.3, -0.25) is 0 Å². The Bertz CT molecular complexity index is 151. The molecule has 9 heavy (non-hydrogen) atoms. The Balaban J connectivity index is 2.74. The van der Waals surface area contributed by atoms with E-state index in [0.29, 0.717) is 0 Å². The van der Waals surface area contributed by atoms with E-state index in [1.54, 1.807) is 0 Å². The van der Waals surface area contributed by atoms with Crippen LogP contribution in [0.2, 0.25) is 0 Å². The summed E-state index contributed by atoms with van der Waals surface area (Å²) in [5.41, 5.74) is 1.24. The first kappa shape index (κ1) is 6.46. The molecule has 1 heterocycles. The van der Waals surface area contributed by atoms with Crippen LogP contribution in [0.1, 0.15) is 20.8 Å². The Morgan fingerprint density at radius 2 is 2.00 bits per heavy atom. The normalized spacial score (nSPS) is 27.1. The SMILES string of the molecule is CC1=C(C)N(C)C(C)O1. The van der Waals surface area contributed by atoms with Gasteiger partial charge in [-0.05, 0) is 20.8 Å². The highest BCUT2D eigenvalue weighted by Crippen LogP contribution is 2.21. The van der Waals surface area contributed by atoms with Crippen LogP contribution in [-0.4, -0.2) is 18.2 Å². The van der Waals surface area contributed by atoms with Gasteiger partial charge < -0.3 is 9.64 Å². The highest BCUT2D eigenvalue weighted by molar-refractivity contribution is 5.06. The van der Waals surface area contributed by atoms with Crippen molar-refractivity contribution in [3.63, 3.8) is 0 Å². The smallest absolute Gasteiger partial charge is 0.168 e. The van der Waals surface area contributed by atoms with Crippen LogP contribution in [0.5, 0.6) is 0 Å². The minimum absolute atomic E-state index is 0.227. The molecule has 1 aliphatic heterocycles. The van der Waals surface area contributed by atoms with Crippen LogP contribution in [0.4, 0.5) is 0 Å². The summed E-state index contributed by atoms with van der Waals surface area (Å²) in [6.45, 7) is 6.11. The third-order valence-corrected chi connectivity index (χ3v) is 1.93. The Morgan fingerprint density at radius 1 is 1.44 bits per heavy atom. The van der Waals surface area contributed by atoms with Crippen LogP contribution >= 0.6 is 0 Å². The molecule has 0 aromatic carbocycles. The van der Waals surface area contributed by atoms with Gasteiger partial charge in [0.25, 0.3) is 0 Å². The lowest BCUT2D eigenvalue weighted by atomic mass is 10.4. The molecule has 1 rings (SSSR count). The van der Waals surface area contributed by atoms with Crippen molar-refractivity contribution in [2.75, 3.05) is 7.05 Å². The van der Waals surface area contributed by atoms with Crippen molar-refractivity contribution in [1.29, 1.82) is 0 Å². The van der Waals surface area contributed by atoms with Gasteiger partial charge in [0.1, 0.15) is 5.76 Å². The second-order valence-corrected chi connectivity index (χ2v) is 2.47. The van der Waals surface area contributed by atoms with Crippen molar-refractivity contribution < 1.29 is 4.74 Å². The summed E-state index contributed by atoms with van der Waals surface area (Å²) in [6, 6.07) is 0. The summed E-state index contributed by atoms with van der Waals surface area (Å²) in [7, 11) is 2.04. The fourth-order valence-corrected chi connectivity index (χ4v) is 0.941. The van der Waals surface area contributed by atoms with Crippen LogP contribution in [0, 0.1) is 0 Å². The maximum Gasteiger partial charge on any atom is 0.168 e. The molecule has 0 aromatic rings. The number of ether oxygens (including phenoxy) is 1. The molecule has 0 fully saturated rings. The topological polar surface area (TPSA) is 12.5 Å². The number of hydrogen-bond acceptors (Lipinski definition) is 2. The van der Waals surface area contributed by atoms with Gasteiger partial charge in [0, 0.05) is 7.05 Å². The average Bonchev–Trinajstić information content (AvgIpc) is 1.98. The molecular formula is C7H13NO. The molecule has 2 heteroatoms. The molecule has 0 spiro atoms. The zero-order chi connectivity index (χ0) is 7.02. The van der Waals surface area contributed by atoms with Gasteiger partial charge in [-0.25, -0.2) is 0 Å². The van der Waals surface area contributed by atoms with Gasteiger partial charge in [-0.1, -0.05) is 0 Å². The molecule has 0 aliphatic carbocycles. The molecule has 0 radical (unpaired) electrons. The van der Waals surface area contributed by atoms with Crippen LogP contribution in [0.25, 0.3) is 0 Å². The van der Waals surface area contributed by atoms with Crippen molar-refractivity contribution in [3.8, 4) is 0 Å². The second-order valence-electron chi connectivity index (χ2n) is 2.47. The van der Waals surface area contributed by atoms with E-state index in [2.05, 4.69) is 11.8 Å². The van der Waals surface area contributed by atoms with E-state index in [4.69, 9.17) is 4.74 Å². The molecule has 2 nitrogen and oxygen atoms in total. The standard InChI is InChI=1S/C7H13NO/c1-5-6(2)9-7(3)8(5)4/h7H,1-4H3. The third kappa shape index (κ3) is 0.889. The molecule has 0 aromatic heterocycles. The summed E-state index contributed by atoms with van der Waals surface area (Å²) in [5.74, 6) is 1.05. The maximum atomic E-state index is 5.39. The Morgan fingerprint density at radius 3 is 2.11 bits per heavy atom. The number of nitrogens with zero attached hydrogens (tertiary/aromatic N) is 1. The average molecular weight is 127 g/mol. The van der Waals surface area contributed by atoms with Crippen molar-refractivity contribution in [1.82, 2.24) is 4.90 Å². The Kier molecular flexibility index (Phi) is 1.39. The highest BCUT2D eigenvalue weighted by Gasteiger charge is 2.20. The summed E-state index contributed by atoms with van der Waals surface area (Å²) in [6.07, 6.45) is 0.227. The Hall–Kier alpha value is -0.660. The molecule has 0 N–H and O–H groups in total. The molecule has 0 saturated heterocycles. The molecule has 1 unspecified atom stereocenters. The predicted octanol–water partition coefficient (Wildman–Crippen LogP) is 1.55. The van der Waals surface area contributed by atoms with Crippen LogP contribution in [0.3, 0.4) is 0 Å². The lowest BCUT2D eigenvalue weighted by Crippen LogP contribution is -2.22. The summed E-state index contributed by atoms with van der Waals surface area (Å²) in [4.78, 5) is 2.12. The first-order valence-electron chi connectivity index (χ1n) is 3.20. The molecule has 0 bridgehead atoms. The van der Waals surface area contributed by atoms with Crippen molar-refractivity contribution >= 4 is 0 Å². The van der Waals surface area contributed by atoms with E-state index in [9.17, 15) is 0 Å². The van der Waals surface area contributed by atoms with E-state index in [0.717, 1.165) is 5.76 Å². The Labute approximate surface area is 56.1 Å². The summed E-state index contributed by atoms with van der Waals surface area (Å²) < 4.78 is 5.39. The molecule has 0 saturated carbocycles. The largest absolute Gasteiger partial charge is 0.474 e. The molecule has 0 amide bonds. The fraction of sp³-hybridized carbons (Fsp3) is 0.714. The molecule has 1 atom stereocenters. The van der Waals surface area contributed by atoms with Crippen LogP contribution in [-0.2, 0) is 4.74 Å². The van der Waals surface area contributed by atoms with Crippen molar-refractivity contribution in [2.45, 2.75) is 27.0 Å². The van der Waals surface area contributed by atoms with Gasteiger partial charge in [0.2, 0.25) is 0 Å². The van der Waals surface area contributed by atoms with E-state index < -0.39 is 0 Å². The van der Waals surface area contributed by atoms with Gasteiger partial charge in [-0.2, -0.15) is 0 Å². The quantitative estimate of drug-likeness (QED) is 0.489. The third-order valence-electron chi connectivity index (χ3n) is 1.93. The van der Waals surface area contributed by atoms with Gasteiger partial charge >= 0.3 is 0 Å². The fourth-order valence-electron chi connectivity index (χ4n) is 0.941.